The van der Waals surface area contributed by atoms with Crippen molar-refractivity contribution in [3.8, 4) is 0 Å². The average molecular weight is 345 g/mol. The molecular formula is C11H13BrN4O2S. The van der Waals surface area contributed by atoms with Crippen LogP contribution in [0.1, 0.15) is 12.8 Å². The molecule has 1 unspecified atom stereocenters. The summed E-state index contributed by atoms with van der Waals surface area (Å²) in [4.78, 5) is 8.57. The van der Waals surface area contributed by atoms with Crippen molar-refractivity contribution < 1.29 is 8.42 Å². The Morgan fingerprint density at radius 1 is 1.47 bits per heavy atom. The van der Waals surface area contributed by atoms with Crippen molar-refractivity contribution in [2.75, 3.05) is 16.8 Å². The minimum absolute atomic E-state index is 0.0963. The van der Waals surface area contributed by atoms with Gasteiger partial charge < -0.3 is 9.72 Å². The van der Waals surface area contributed by atoms with Crippen LogP contribution in [0.25, 0.3) is 5.65 Å². The van der Waals surface area contributed by atoms with Crippen molar-refractivity contribution in [3.05, 3.63) is 23.2 Å². The van der Waals surface area contributed by atoms with Gasteiger partial charge in [-0.25, -0.2) is 18.4 Å². The highest BCUT2D eigenvalue weighted by Gasteiger charge is 2.25. The second-order valence-electron chi connectivity index (χ2n) is 4.67. The van der Waals surface area contributed by atoms with Crippen LogP contribution >= 0.6 is 15.9 Å². The number of halogens is 1. The van der Waals surface area contributed by atoms with E-state index in [1.54, 1.807) is 6.20 Å². The number of rotatable bonds is 2. The first-order chi connectivity index (χ1) is 9.03. The first-order valence-corrected chi connectivity index (χ1v) is 8.61. The van der Waals surface area contributed by atoms with Gasteiger partial charge in [0, 0.05) is 24.6 Å². The van der Waals surface area contributed by atoms with Crippen molar-refractivity contribution in [3.63, 3.8) is 0 Å². The van der Waals surface area contributed by atoms with E-state index in [2.05, 4.69) is 31.2 Å². The molecule has 2 aromatic heterocycles. The Hall–Kier alpha value is -1.15. The Kier molecular flexibility index (Phi) is 3.22. The SMILES string of the molecule is O=S1(=O)CCCC(Nc2nc(Br)cn3ccnc23)C1. The van der Waals surface area contributed by atoms with Gasteiger partial charge in [-0.1, -0.05) is 0 Å². The fraction of sp³-hybridized carbons (Fsp3) is 0.455. The van der Waals surface area contributed by atoms with Gasteiger partial charge in [0.2, 0.25) is 0 Å². The number of aromatic nitrogens is 3. The van der Waals surface area contributed by atoms with Gasteiger partial charge >= 0.3 is 0 Å². The van der Waals surface area contributed by atoms with E-state index in [0.29, 0.717) is 22.5 Å². The van der Waals surface area contributed by atoms with Crippen LogP contribution in [-0.2, 0) is 9.84 Å². The van der Waals surface area contributed by atoms with Gasteiger partial charge in [-0.3, -0.25) is 0 Å². The number of nitrogens with zero attached hydrogens (tertiary/aromatic N) is 3. The smallest absolute Gasteiger partial charge is 0.180 e. The molecule has 1 N–H and O–H groups in total. The summed E-state index contributed by atoms with van der Waals surface area (Å²) in [6.45, 7) is 0. The lowest BCUT2D eigenvalue weighted by molar-refractivity contribution is 0.561. The number of imidazole rings is 1. The van der Waals surface area contributed by atoms with Crippen LogP contribution in [0.2, 0.25) is 0 Å². The minimum Gasteiger partial charge on any atom is -0.363 e. The largest absolute Gasteiger partial charge is 0.363 e. The molecule has 102 valence electrons. The predicted molar refractivity (Wildman–Crippen MR) is 76.0 cm³/mol. The molecule has 1 fully saturated rings. The number of fused-ring (bicyclic) bond motifs is 1. The zero-order valence-corrected chi connectivity index (χ0v) is 12.5. The van der Waals surface area contributed by atoms with Crippen molar-refractivity contribution in [2.45, 2.75) is 18.9 Å². The molecule has 1 aliphatic rings. The van der Waals surface area contributed by atoms with Gasteiger partial charge in [0.25, 0.3) is 0 Å². The number of nitrogens with one attached hydrogen (secondary N) is 1. The van der Waals surface area contributed by atoms with Crippen LogP contribution in [0.4, 0.5) is 5.82 Å². The van der Waals surface area contributed by atoms with E-state index in [1.807, 2.05) is 16.8 Å². The Morgan fingerprint density at radius 2 is 2.32 bits per heavy atom. The molecule has 0 aliphatic carbocycles. The number of hydrogen-bond donors (Lipinski definition) is 1. The van der Waals surface area contributed by atoms with Gasteiger partial charge in [-0.05, 0) is 28.8 Å². The quantitative estimate of drug-likeness (QED) is 0.892. The van der Waals surface area contributed by atoms with Crippen LogP contribution in [0.15, 0.2) is 23.2 Å². The van der Waals surface area contributed by atoms with Gasteiger partial charge in [0.05, 0.1) is 11.5 Å². The van der Waals surface area contributed by atoms with Gasteiger partial charge in [-0.2, -0.15) is 0 Å². The maximum absolute atomic E-state index is 11.6. The molecule has 8 heteroatoms. The molecule has 0 radical (unpaired) electrons. The van der Waals surface area contributed by atoms with Crippen LogP contribution in [0.3, 0.4) is 0 Å². The third-order valence-corrected chi connectivity index (χ3v) is 5.35. The zero-order valence-electron chi connectivity index (χ0n) is 10.1. The average Bonchev–Trinajstić information content (AvgIpc) is 2.75. The molecule has 0 spiro atoms. The van der Waals surface area contributed by atoms with Crippen LogP contribution in [0.5, 0.6) is 0 Å². The van der Waals surface area contributed by atoms with Crippen molar-refractivity contribution in [1.29, 1.82) is 0 Å². The maximum atomic E-state index is 11.6. The topological polar surface area (TPSA) is 76.4 Å². The summed E-state index contributed by atoms with van der Waals surface area (Å²) < 4.78 is 25.8. The molecule has 0 amide bonds. The Morgan fingerprint density at radius 3 is 3.11 bits per heavy atom. The number of hydrogen-bond acceptors (Lipinski definition) is 5. The molecule has 19 heavy (non-hydrogen) atoms. The molecule has 1 saturated heterocycles. The lowest BCUT2D eigenvalue weighted by atomic mass is 10.2. The molecule has 1 atom stereocenters. The second-order valence-corrected chi connectivity index (χ2v) is 7.71. The molecule has 0 saturated carbocycles. The predicted octanol–water partition coefficient (Wildman–Crippen LogP) is 1.48. The summed E-state index contributed by atoms with van der Waals surface area (Å²) in [5, 5.41) is 3.20. The Balaban J connectivity index is 1.91. The lowest BCUT2D eigenvalue weighted by Gasteiger charge is -2.23. The van der Waals surface area contributed by atoms with E-state index in [-0.39, 0.29) is 17.5 Å². The molecule has 0 bridgehead atoms. The van der Waals surface area contributed by atoms with Crippen LogP contribution in [-0.4, -0.2) is 40.3 Å². The standard InChI is InChI=1S/C11H13BrN4O2S/c12-9-6-16-4-3-13-11(16)10(15-9)14-8-2-1-5-19(17,18)7-8/h3-4,6,8H,1-2,5,7H2,(H,14,15). The zero-order chi connectivity index (χ0) is 13.5. The molecule has 3 heterocycles. The van der Waals surface area contributed by atoms with E-state index in [0.717, 1.165) is 6.42 Å². The van der Waals surface area contributed by atoms with Gasteiger partial charge in [-0.15, -0.1) is 0 Å². The fourth-order valence-electron chi connectivity index (χ4n) is 2.33. The van der Waals surface area contributed by atoms with Crippen LogP contribution < -0.4 is 5.32 Å². The van der Waals surface area contributed by atoms with E-state index < -0.39 is 9.84 Å². The Labute approximate surface area is 119 Å². The monoisotopic (exact) mass is 344 g/mol. The summed E-state index contributed by atoms with van der Waals surface area (Å²) >= 11 is 3.34. The second kappa shape index (κ2) is 4.75. The molecule has 1 aliphatic heterocycles. The third-order valence-electron chi connectivity index (χ3n) is 3.15. The molecule has 2 aromatic rings. The Bertz CT molecular complexity index is 713. The first-order valence-electron chi connectivity index (χ1n) is 6.00. The fourth-order valence-corrected chi connectivity index (χ4v) is 4.36. The maximum Gasteiger partial charge on any atom is 0.180 e. The normalized spacial score (nSPS) is 22.5. The van der Waals surface area contributed by atoms with Crippen LogP contribution in [0, 0.1) is 0 Å². The molecule has 3 rings (SSSR count). The number of anilines is 1. The molecular weight excluding hydrogens is 332 g/mol. The van der Waals surface area contributed by atoms with E-state index in [1.165, 1.54) is 0 Å². The minimum atomic E-state index is -2.93. The van der Waals surface area contributed by atoms with E-state index in [9.17, 15) is 8.42 Å². The summed E-state index contributed by atoms with van der Waals surface area (Å²) in [5.74, 6) is 1.06. The van der Waals surface area contributed by atoms with Crippen molar-refractivity contribution in [2.24, 2.45) is 0 Å². The number of sulfone groups is 1. The lowest BCUT2D eigenvalue weighted by Crippen LogP contribution is -2.35. The first kappa shape index (κ1) is 12.9. The summed E-state index contributed by atoms with van der Waals surface area (Å²) in [5.41, 5.74) is 0.700. The highest BCUT2D eigenvalue weighted by Crippen LogP contribution is 2.21. The van der Waals surface area contributed by atoms with Crippen molar-refractivity contribution >= 4 is 37.2 Å². The van der Waals surface area contributed by atoms with Crippen molar-refractivity contribution in [1.82, 2.24) is 14.4 Å². The van der Waals surface area contributed by atoms with Gasteiger partial charge in [0.15, 0.2) is 21.3 Å². The van der Waals surface area contributed by atoms with E-state index in [4.69, 9.17) is 0 Å². The third kappa shape index (κ3) is 2.74. The molecule has 6 nitrogen and oxygen atoms in total. The summed E-state index contributed by atoms with van der Waals surface area (Å²) in [7, 11) is -2.93. The summed E-state index contributed by atoms with van der Waals surface area (Å²) in [6.07, 6.45) is 6.85. The highest BCUT2D eigenvalue weighted by atomic mass is 79.9. The highest BCUT2D eigenvalue weighted by molar-refractivity contribution is 9.10. The van der Waals surface area contributed by atoms with Gasteiger partial charge in [0.1, 0.15) is 4.60 Å². The van der Waals surface area contributed by atoms with E-state index >= 15 is 0 Å². The summed E-state index contributed by atoms with van der Waals surface area (Å²) in [6, 6.07) is -0.0963. The molecule has 0 aromatic carbocycles.